The van der Waals surface area contributed by atoms with Crippen LogP contribution in [0.1, 0.15) is 19.8 Å². The number of nitrogens with zero attached hydrogens (tertiary/aromatic N) is 1. The number of rotatable bonds is 4. The molecule has 0 saturated carbocycles. The van der Waals surface area contributed by atoms with Gasteiger partial charge in [-0.15, -0.1) is 11.6 Å². The Kier molecular flexibility index (Phi) is 4.53. The number of anilines is 2. The van der Waals surface area contributed by atoms with E-state index in [2.05, 4.69) is 10.2 Å². The fourth-order valence-electron chi connectivity index (χ4n) is 2.22. The van der Waals surface area contributed by atoms with Crippen LogP contribution in [-0.2, 0) is 4.79 Å². The average Bonchev–Trinajstić information content (AvgIpc) is 2.92. The van der Waals surface area contributed by atoms with E-state index in [-0.39, 0.29) is 5.91 Å². The molecule has 1 aliphatic heterocycles. The van der Waals surface area contributed by atoms with Gasteiger partial charge in [-0.1, -0.05) is 0 Å². The molecule has 1 atom stereocenters. The monoisotopic (exact) mass is 282 g/mol. The highest BCUT2D eigenvalue weighted by Gasteiger charge is 2.17. The Balaban J connectivity index is 2.18. The summed E-state index contributed by atoms with van der Waals surface area (Å²) < 4.78 is 5.41. The first-order valence-electron chi connectivity index (χ1n) is 6.49. The van der Waals surface area contributed by atoms with Crippen LogP contribution in [0.3, 0.4) is 0 Å². The third-order valence-corrected chi connectivity index (χ3v) is 3.45. The van der Waals surface area contributed by atoms with E-state index in [9.17, 15) is 4.79 Å². The van der Waals surface area contributed by atoms with Gasteiger partial charge in [0.25, 0.3) is 0 Å². The number of benzene rings is 1. The van der Waals surface area contributed by atoms with E-state index in [0.717, 1.165) is 24.5 Å². The van der Waals surface area contributed by atoms with Gasteiger partial charge in [0.1, 0.15) is 11.1 Å². The van der Waals surface area contributed by atoms with Gasteiger partial charge >= 0.3 is 0 Å². The molecule has 0 spiro atoms. The van der Waals surface area contributed by atoms with Gasteiger partial charge in [0.2, 0.25) is 5.91 Å². The van der Waals surface area contributed by atoms with Crippen molar-refractivity contribution in [3.05, 3.63) is 18.2 Å². The van der Waals surface area contributed by atoms with Gasteiger partial charge in [-0.25, -0.2) is 0 Å². The molecule has 0 aromatic heterocycles. The Morgan fingerprint density at radius 1 is 1.42 bits per heavy atom. The molecule has 0 radical (unpaired) electrons. The minimum atomic E-state index is -0.552. The fourth-order valence-corrected chi connectivity index (χ4v) is 2.27. The van der Waals surface area contributed by atoms with Crippen LogP contribution in [0.25, 0.3) is 0 Å². The van der Waals surface area contributed by atoms with Crippen molar-refractivity contribution < 1.29 is 9.53 Å². The maximum atomic E-state index is 11.6. The second kappa shape index (κ2) is 6.15. The molecule has 4 nitrogen and oxygen atoms in total. The van der Waals surface area contributed by atoms with Crippen molar-refractivity contribution in [3.8, 4) is 5.75 Å². The highest BCUT2D eigenvalue weighted by Crippen LogP contribution is 2.33. The number of ether oxygens (including phenoxy) is 1. The lowest BCUT2D eigenvalue weighted by Gasteiger charge is -2.21. The quantitative estimate of drug-likeness (QED) is 0.864. The Morgan fingerprint density at radius 3 is 2.68 bits per heavy atom. The number of methoxy groups -OCH3 is 1. The van der Waals surface area contributed by atoms with Crippen LogP contribution in [0.4, 0.5) is 11.4 Å². The maximum absolute atomic E-state index is 11.6. The van der Waals surface area contributed by atoms with E-state index < -0.39 is 5.38 Å². The first-order valence-corrected chi connectivity index (χ1v) is 6.93. The summed E-state index contributed by atoms with van der Waals surface area (Å²) >= 11 is 5.74. The third kappa shape index (κ3) is 3.32. The highest BCUT2D eigenvalue weighted by molar-refractivity contribution is 6.32. The number of carbonyl (C=O) groups excluding carboxylic acids is 1. The van der Waals surface area contributed by atoms with Crippen molar-refractivity contribution >= 4 is 28.9 Å². The van der Waals surface area contributed by atoms with E-state index in [4.69, 9.17) is 16.3 Å². The van der Waals surface area contributed by atoms with Gasteiger partial charge in [0, 0.05) is 24.8 Å². The Hall–Kier alpha value is -1.42. The van der Waals surface area contributed by atoms with Crippen LogP contribution in [0.15, 0.2) is 18.2 Å². The Bertz CT molecular complexity index is 457. The molecule has 1 amide bonds. The van der Waals surface area contributed by atoms with Gasteiger partial charge in [-0.05, 0) is 31.9 Å². The zero-order valence-corrected chi connectivity index (χ0v) is 12.0. The largest absolute Gasteiger partial charge is 0.495 e. The summed E-state index contributed by atoms with van der Waals surface area (Å²) in [5.41, 5.74) is 1.79. The number of hydrogen-bond donors (Lipinski definition) is 1. The summed E-state index contributed by atoms with van der Waals surface area (Å²) in [6, 6.07) is 5.71. The number of alkyl halides is 1. The predicted octanol–water partition coefficient (Wildman–Crippen LogP) is 2.86. The smallest absolute Gasteiger partial charge is 0.242 e. The summed E-state index contributed by atoms with van der Waals surface area (Å²) in [5.74, 6) is 0.569. The summed E-state index contributed by atoms with van der Waals surface area (Å²) in [5, 5.41) is 2.21. The highest BCUT2D eigenvalue weighted by atomic mass is 35.5. The molecule has 1 fully saturated rings. The zero-order chi connectivity index (χ0) is 13.8. The summed E-state index contributed by atoms with van der Waals surface area (Å²) in [6.07, 6.45) is 2.43. The lowest BCUT2D eigenvalue weighted by atomic mass is 10.2. The molecule has 0 bridgehead atoms. The first kappa shape index (κ1) is 14.0. The maximum Gasteiger partial charge on any atom is 0.242 e. The molecule has 1 saturated heterocycles. The van der Waals surface area contributed by atoms with E-state index >= 15 is 0 Å². The lowest BCUT2D eigenvalue weighted by Crippen LogP contribution is -2.21. The summed E-state index contributed by atoms with van der Waals surface area (Å²) in [6.45, 7) is 3.76. The van der Waals surface area contributed by atoms with Gasteiger partial charge in [0.05, 0.1) is 12.8 Å². The normalized spacial score (nSPS) is 16.3. The molecule has 1 heterocycles. The molecule has 1 aromatic carbocycles. The van der Waals surface area contributed by atoms with E-state index in [0.29, 0.717) is 5.69 Å². The van der Waals surface area contributed by atoms with E-state index in [1.54, 1.807) is 14.0 Å². The number of halogens is 1. The minimum absolute atomic E-state index is 0.211. The number of carbonyl (C=O) groups is 1. The zero-order valence-electron chi connectivity index (χ0n) is 11.3. The van der Waals surface area contributed by atoms with Crippen molar-refractivity contribution in [2.45, 2.75) is 25.1 Å². The minimum Gasteiger partial charge on any atom is -0.495 e. The molecule has 19 heavy (non-hydrogen) atoms. The fraction of sp³-hybridized carbons (Fsp3) is 0.500. The topological polar surface area (TPSA) is 41.6 Å². The van der Waals surface area contributed by atoms with Crippen molar-refractivity contribution in [2.75, 3.05) is 30.4 Å². The SMILES string of the molecule is COc1cc(NC(=O)[C@H](C)Cl)ccc1N1CCCC1. The Morgan fingerprint density at radius 2 is 2.11 bits per heavy atom. The standard InChI is InChI=1S/C14H19ClN2O2/c1-10(15)14(18)16-11-5-6-12(13(9-11)19-2)17-7-3-4-8-17/h5-6,9-10H,3-4,7-8H2,1-2H3,(H,16,18)/t10-/m0/s1. The van der Waals surface area contributed by atoms with E-state index in [1.165, 1.54) is 12.8 Å². The van der Waals surface area contributed by atoms with Gasteiger partial charge in [0.15, 0.2) is 0 Å². The van der Waals surface area contributed by atoms with Crippen LogP contribution < -0.4 is 15.0 Å². The number of hydrogen-bond acceptors (Lipinski definition) is 3. The summed E-state index contributed by atoms with van der Waals surface area (Å²) in [7, 11) is 1.64. The molecular formula is C14H19ClN2O2. The summed E-state index contributed by atoms with van der Waals surface area (Å²) in [4.78, 5) is 13.9. The van der Waals surface area contributed by atoms with Crippen LogP contribution >= 0.6 is 11.6 Å². The van der Waals surface area contributed by atoms with Crippen LogP contribution in [0.2, 0.25) is 0 Å². The molecule has 104 valence electrons. The first-order chi connectivity index (χ1) is 9.11. The van der Waals surface area contributed by atoms with E-state index in [1.807, 2.05) is 18.2 Å². The average molecular weight is 283 g/mol. The molecule has 5 heteroatoms. The molecule has 0 aliphatic carbocycles. The third-order valence-electron chi connectivity index (χ3n) is 3.26. The molecule has 1 aliphatic rings. The molecule has 2 rings (SSSR count). The van der Waals surface area contributed by atoms with Crippen molar-refractivity contribution in [1.29, 1.82) is 0 Å². The number of nitrogens with one attached hydrogen (secondary N) is 1. The van der Waals surface area contributed by atoms with Crippen molar-refractivity contribution in [1.82, 2.24) is 0 Å². The second-order valence-corrected chi connectivity index (χ2v) is 5.34. The lowest BCUT2D eigenvalue weighted by molar-refractivity contribution is -0.115. The predicted molar refractivity (Wildman–Crippen MR) is 78.4 cm³/mol. The molecule has 0 unspecified atom stereocenters. The molecule has 1 N–H and O–H groups in total. The second-order valence-electron chi connectivity index (χ2n) is 4.69. The van der Waals surface area contributed by atoms with Crippen LogP contribution in [0.5, 0.6) is 5.75 Å². The Labute approximate surface area is 118 Å². The number of amides is 1. The van der Waals surface area contributed by atoms with Crippen LogP contribution in [-0.4, -0.2) is 31.5 Å². The van der Waals surface area contributed by atoms with Crippen LogP contribution in [0, 0.1) is 0 Å². The van der Waals surface area contributed by atoms with Gasteiger partial charge in [-0.3, -0.25) is 4.79 Å². The molecule has 1 aromatic rings. The van der Waals surface area contributed by atoms with Gasteiger partial charge in [-0.2, -0.15) is 0 Å². The van der Waals surface area contributed by atoms with Crippen molar-refractivity contribution in [3.63, 3.8) is 0 Å². The van der Waals surface area contributed by atoms with Crippen molar-refractivity contribution in [2.24, 2.45) is 0 Å². The van der Waals surface area contributed by atoms with Gasteiger partial charge < -0.3 is 15.0 Å². The molecular weight excluding hydrogens is 264 g/mol.